The standard InChI is InChI=1S/C27H26N4O3/c1-3-33-27(32)24-14-23(18-9-11-19(12-10-18)30-15-22-13-21(30)16-34-22)25-17(2)29-31(26(25)28-24)20-7-5-4-6-8-20/h4-12,14,21-22H,3,13,15-16H2,1-2H3/t21?,22-/m0/s1. The van der Waals surface area contributed by atoms with Crippen molar-refractivity contribution in [3.63, 3.8) is 0 Å². The fourth-order valence-corrected chi connectivity index (χ4v) is 5.12. The number of morpholine rings is 1. The van der Waals surface area contributed by atoms with Gasteiger partial charge in [-0.25, -0.2) is 14.5 Å². The summed E-state index contributed by atoms with van der Waals surface area (Å²) < 4.78 is 12.8. The summed E-state index contributed by atoms with van der Waals surface area (Å²) in [6.07, 6.45) is 1.45. The van der Waals surface area contributed by atoms with Gasteiger partial charge >= 0.3 is 5.97 Å². The lowest BCUT2D eigenvalue weighted by molar-refractivity contribution is 0.0520. The topological polar surface area (TPSA) is 69.5 Å². The van der Waals surface area contributed by atoms with Crippen LogP contribution in [-0.4, -0.2) is 52.6 Å². The molecule has 2 aromatic carbocycles. The minimum absolute atomic E-state index is 0.277. The molecule has 0 radical (unpaired) electrons. The predicted molar refractivity (Wildman–Crippen MR) is 130 cm³/mol. The third-order valence-corrected chi connectivity index (χ3v) is 6.71. The van der Waals surface area contributed by atoms with Gasteiger partial charge in [0, 0.05) is 12.2 Å². The third-order valence-electron chi connectivity index (χ3n) is 6.71. The Bertz CT molecular complexity index is 1360. The number of nitrogens with zero attached hydrogens (tertiary/aromatic N) is 4. The van der Waals surface area contributed by atoms with E-state index in [1.807, 2.05) is 43.3 Å². The molecule has 7 heteroatoms. The molecule has 2 saturated heterocycles. The fraction of sp³-hybridized carbons (Fsp3) is 0.296. The summed E-state index contributed by atoms with van der Waals surface area (Å²) in [5.74, 6) is -0.436. The van der Waals surface area contributed by atoms with E-state index < -0.39 is 5.97 Å². The Morgan fingerprint density at radius 1 is 1.12 bits per heavy atom. The molecule has 4 heterocycles. The highest BCUT2D eigenvalue weighted by Crippen LogP contribution is 2.36. The Morgan fingerprint density at radius 3 is 2.59 bits per heavy atom. The quantitative estimate of drug-likeness (QED) is 0.412. The first-order valence-electron chi connectivity index (χ1n) is 11.7. The first-order valence-corrected chi connectivity index (χ1v) is 11.7. The van der Waals surface area contributed by atoms with Gasteiger partial charge in [-0.1, -0.05) is 30.3 Å². The van der Waals surface area contributed by atoms with Gasteiger partial charge in [0.2, 0.25) is 0 Å². The number of ether oxygens (including phenoxy) is 2. The van der Waals surface area contributed by atoms with Crippen molar-refractivity contribution in [1.29, 1.82) is 0 Å². The maximum absolute atomic E-state index is 12.7. The van der Waals surface area contributed by atoms with Crippen molar-refractivity contribution in [2.24, 2.45) is 0 Å². The Kier molecular flexibility index (Phi) is 5.07. The van der Waals surface area contributed by atoms with Gasteiger partial charge in [-0.3, -0.25) is 0 Å². The monoisotopic (exact) mass is 454 g/mol. The SMILES string of the molecule is CCOC(=O)c1cc(-c2ccc(N3C[C@@H]4CC3CO4)cc2)c2c(C)nn(-c3ccccc3)c2n1. The van der Waals surface area contributed by atoms with Gasteiger partial charge in [0.25, 0.3) is 0 Å². The number of carbonyl (C=O) groups excluding carboxylic acids is 1. The highest BCUT2D eigenvalue weighted by molar-refractivity contribution is 6.00. The number of aromatic nitrogens is 3. The fourth-order valence-electron chi connectivity index (χ4n) is 5.12. The summed E-state index contributed by atoms with van der Waals surface area (Å²) in [6, 6.07) is 20.7. The summed E-state index contributed by atoms with van der Waals surface area (Å²) in [4.78, 5) is 19.8. The average molecular weight is 455 g/mol. The van der Waals surface area contributed by atoms with Crippen LogP contribution >= 0.6 is 0 Å². The molecule has 0 spiro atoms. The van der Waals surface area contributed by atoms with Crippen molar-refractivity contribution in [3.8, 4) is 16.8 Å². The molecule has 2 fully saturated rings. The van der Waals surface area contributed by atoms with Gasteiger partial charge in [-0.15, -0.1) is 0 Å². The number of benzene rings is 2. The van der Waals surface area contributed by atoms with E-state index in [2.05, 4.69) is 34.1 Å². The van der Waals surface area contributed by atoms with Crippen molar-refractivity contribution in [3.05, 3.63) is 72.1 Å². The van der Waals surface area contributed by atoms with Crippen molar-refractivity contribution < 1.29 is 14.3 Å². The molecule has 2 aromatic heterocycles. The molecule has 2 aliphatic rings. The summed E-state index contributed by atoms with van der Waals surface area (Å²) in [7, 11) is 0. The van der Waals surface area contributed by atoms with Crippen LogP contribution in [0.25, 0.3) is 27.8 Å². The number of esters is 1. The molecule has 0 amide bonds. The Morgan fingerprint density at radius 2 is 1.91 bits per heavy atom. The number of fused-ring (bicyclic) bond motifs is 3. The van der Waals surface area contributed by atoms with Crippen molar-refractivity contribution in [1.82, 2.24) is 14.8 Å². The molecular weight excluding hydrogens is 428 g/mol. The number of pyridine rings is 1. The Labute approximate surface area is 197 Å². The summed E-state index contributed by atoms with van der Waals surface area (Å²) in [5, 5.41) is 5.71. The molecule has 172 valence electrons. The highest BCUT2D eigenvalue weighted by Gasteiger charge is 2.38. The van der Waals surface area contributed by atoms with Gasteiger partial charge in [-0.2, -0.15) is 5.10 Å². The van der Waals surface area contributed by atoms with E-state index >= 15 is 0 Å². The number of hydrogen-bond acceptors (Lipinski definition) is 6. The van der Waals surface area contributed by atoms with Crippen molar-refractivity contribution >= 4 is 22.7 Å². The smallest absolute Gasteiger partial charge is 0.357 e. The van der Waals surface area contributed by atoms with E-state index in [-0.39, 0.29) is 5.69 Å². The lowest BCUT2D eigenvalue weighted by Crippen LogP contribution is -2.36. The van der Waals surface area contributed by atoms with Crippen LogP contribution in [0.4, 0.5) is 5.69 Å². The molecule has 6 rings (SSSR count). The van der Waals surface area contributed by atoms with Crippen LogP contribution < -0.4 is 4.90 Å². The van der Waals surface area contributed by atoms with E-state index in [1.54, 1.807) is 11.6 Å². The number of para-hydroxylation sites is 1. The normalized spacial score (nSPS) is 19.2. The van der Waals surface area contributed by atoms with Crippen LogP contribution in [0, 0.1) is 6.92 Å². The van der Waals surface area contributed by atoms with Gasteiger partial charge < -0.3 is 14.4 Å². The molecule has 7 nitrogen and oxygen atoms in total. The average Bonchev–Trinajstić information content (AvgIpc) is 3.59. The van der Waals surface area contributed by atoms with Crippen molar-refractivity contribution in [2.45, 2.75) is 32.4 Å². The lowest BCUT2D eigenvalue weighted by Gasteiger charge is -2.29. The molecule has 2 aliphatic heterocycles. The molecule has 0 aliphatic carbocycles. The van der Waals surface area contributed by atoms with Crippen LogP contribution in [-0.2, 0) is 9.47 Å². The minimum Gasteiger partial charge on any atom is -0.461 e. The van der Waals surface area contributed by atoms with E-state index in [0.717, 1.165) is 47.5 Å². The summed E-state index contributed by atoms with van der Waals surface area (Å²) in [5.41, 5.74) is 5.80. The minimum atomic E-state index is -0.436. The van der Waals surface area contributed by atoms with E-state index in [0.29, 0.717) is 24.4 Å². The zero-order valence-corrected chi connectivity index (χ0v) is 19.3. The highest BCUT2D eigenvalue weighted by atomic mass is 16.5. The molecule has 4 aromatic rings. The first kappa shape index (κ1) is 20.9. The molecular formula is C27H26N4O3. The number of aryl methyl sites for hydroxylation is 1. The maximum Gasteiger partial charge on any atom is 0.357 e. The van der Waals surface area contributed by atoms with Crippen LogP contribution in [0.3, 0.4) is 0 Å². The number of rotatable bonds is 5. The van der Waals surface area contributed by atoms with E-state index in [4.69, 9.17) is 14.6 Å². The molecule has 2 bridgehead atoms. The third kappa shape index (κ3) is 3.44. The van der Waals surface area contributed by atoms with E-state index in [1.165, 1.54) is 5.69 Å². The first-order chi connectivity index (χ1) is 16.6. The molecule has 0 N–H and O–H groups in total. The Balaban J connectivity index is 1.48. The maximum atomic E-state index is 12.7. The van der Waals surface area contributed by atoms with Crippen LogP contribution in [0.15, 0.2) is 60.7 Å². The number of anilines is 1. The predicted octanol–water partition coefficient (Wildman–Crippen LogP) is 4.55. The van der Waals surface area contributed by atoms with Gasteiger partial charge in [0.05, 0.1) is 42.1 Å². The largest absolute Gasteiger partial charge is 0.461 e. The van der Waals surface area contributed by atoms with Gasteiger partial charge in [-0.05, 0) is 61.7 Å². The number of hydrogen-bond donors (Lipinski definition) is 0. The molecule has 1 unspecified atom stereocenters. The molecule has 2 atom stereocenters. The second kappa shape index (κ2) is 8.25. The second-order valence-electron chi connectivity index (χ2n) is 8.85. The van der Waals surface area contributed by atoms with Crippen LogP contribution in [0.5, 0.6) is 0 Å². The van der Waals surface area contributed by atoms with Gasteiger partial charge in [0.15, 0.2) is 11.3 Å². The molecule has 0 saturated carbocycles. The van der Waals surface area contributed by atoms with Crippen LogP contribution in [0.2, 0.25) is 0 Å². The van der Waals surface area contributed by atoms with E-state index in [9.17, 15) is 4.79 Å². The molecule has 34 heavy (non-hydrogen) atoms. The van der Waals surface area contributed by atoms with Gasteiger partial charge in [0.1, 0.15) is 0 Å². The van der Waals surface area contributed by atoms with Crippen LogP contribution in [0.1, 0.15) is 29.5 Å². The zero-order valence-electron chi connectivity index (χ0n) is 19.3. The summed E-state index contributed by atoms with van der Waals surface area (Å²) >= 11 is 0. The number of carbonyl (C=O) groups is 1. The Hall–Kier alpha value is -3.71. The summed E-state index contributed by atoms with van der Waals surface area (Å²) in [6.45, 7) is 5.82. The second-order valence-corrected chi connectivity index (χ2v) is 8.85. The van der Waals surface area contributed by atoms with Crippen molar-refractivity contribution in [2.75, 3.05) is 24.7 Å². The lowest BCUT2D eigenvalue weighted by atomic mass is 10.0. The zero-order chi connectivity index (χ0) is 23.2.